The Morgan fingerprint density at radius 2 is 1.90 bits per heavy atom. The number of carbonyl (C=O) groups excluding carboxylic acids is 3. The number of hydrogen-bond donors (Lipinski definition) is 2. The lowest BCUT2D eigenvalue weighted by atomic mass is 9.91. The molecule has 2 heterocycles. The van der Waals surface area contributed by atoms with Crippen LogP contribution in [0.4, 0.5) is 10.5 Å². The largest absolute Gasteiger partial charge is 0.486 e. The molecule has 2 aromatic carbocycles. The molecule has 1 atom stereocenters. The summed E-state index contributed by atoms with van der Waals surface area (Å²) in [5.74, 6) is 0.115. The number of anilines is 1. The predicted molar refractivity (Wildman–Crippen MR) is 113 cm³/mol. The fraction of sp³-hybridized carbons (Fsp3) is 0.286. The molecule has 8 nitrogen and oxygen atoms in total. The van der Waals surface area contributed by atoms with Crippen LogP contribution in [0.2, 0.25) is 0 Å². The van der Waals surface area contributed by atoms with E-state index in [1.165, 1.54) is 0 Å². The van der Waals surface area contributed by atoms with Crippen LogP contribution in [0.15, 0.2) is 40.9 Å². The van der Waals surface area contributed by atoms with Crippen molar-refractivity contribution in [1.29, 1.82) is 0 Å². The minimum atomic E-state index is -1.31. The van der Waals surface area contributed by atoms with Crippen molar-refractivity contribution in [3.63, 3.8) is 0 Å². The summed E-state index contributed by atoms with van der Waals surface area (Å²) in [6.07, 6.45) is 0. The molecule has 0 saturated carbocycles. The number of benzene rings is 2. The average Bonchev–Trinajstić information content (AvgIpc) is 2.94. The molecule has 2 N–H and O–H groups in total. The number of urea groups is 1. The molecular formula is C21H20BrN3O5. The van der Waals surface area contributed by atoms with Crippen molar-refractivity contribution >= 4 is 39.5 Å². The number of fused-ring (bicyclic) bond motifs is 1. The van der Waals surface area contributed by atoms with E-state index in [1.54, 1.807) is 31.2 Å². The van der Waals surface area contributed by atoms with Crippen LogP contribution in [0.25, 0.3) is 0 Å². The minimum absolute atomic E-state index is 0.398. The molecule has 1 saturated heterocycles. The first-order valence-electron chi connectivity index (χ1n) is 9.38. The molecule has 0 spiro atoms. The lowest BCUT2D eigenvalue weighted by Crippen LogP contribution is -2.42. The van der Waals surface area contributed by atoms with E-state index in [-0.39, 0.29) is 0 Å². The van der Waals surface area contributed by atoms with Crippen molar-refractivity contribution in [2.75, 3.05) is 25.1 Å². The van der Waals surface area contributed by atoms with Gasteiger partial charge in [-0.1, -0.05) is 12.1 Å². The summed E-state index contributed by atoms with van der Waals surface area (Å²) in [7, 11) is 0. The summed E-state index contributed by atoms with van der Waals surface area (Å²) in [5, 5.41) is 5.41. The van der Waals surface area contributed by atoms with Gasteiger partial charge >= 0.3 is 6.03 Å². The number of ether oxygens (including phenoxy) is 2. The highest BCUT2D eigenvalue weighted by molar-refractivity contribution is 9.10. The smallest absolute Gasteiger partial charge is 0.325 e. The Morgan fingerprint density at radius 1 is 1.17 bits per heavy atom. The van der Waals surface area contributed by atoms with Gasteiger partial charge in [-0.2, -0.15) is 0 Å². The number of aryl methyl sites for hydroxylation is 1. The number of halogens is 1. The highest BCUT2D eigenvalue weighted by atomic mass is 79.9. The van der Waals surface area contributed by atoms with Crippen molar-refractivity contribution < 1.29 is 23.9 Å². The maximum atomic E-state index is 13.1. The molecule has 0 radical (unpaired) electrons. The molecule has 30 heavy (non-hydrogen) atoms. The minimum Gasteiger partial charge on any atom is -0.486 e. The number of rotatable bonds is 4. The van der Waals surface area contributed by atoms with Gasteiger partial charge in [0.1, 0.15) is 25.3 Å². The van der Waals surface area contributed by atoms with E-state index < -0.39 is 29.9 Å². The molecule has 9 heteroatoms. The van der Waals surface area contributed by atoms with Crippen molar-refractivity contribution in [3.8, 4) is 11.5 Å². The summed E-state index contributed by atoms with van der Waals surface area (Å²) >= 11 is 3.39. The second-order valence-corrected chi connectivity index (χ2v) is 8.19. The highest BCUT2D eigenvalue weighted by Crippen LogP contribution is 2.36. The summed E-state index contributed by atoms with van der Waals surface area (Å²) in [4.78, 5) is 39.0. The summed E-state index contributed by atoms with van der Waals surface area (Å²) < 4.78 is 11.8. The van der Waals surface area contributed by atoms with Crippen LogP contribution in [0.3, 0.4) is 0 Å². The Hall–Kier alpha value is -3.07. The van der Waals surface area contributed by atoms with E-state index >= 15 is 0 Å². The van der Waals surface area contributed by atoms with E-state index in [0.29, 0.717) is 40.4 Å². The average molecular weight is 474 g/mol. The molecule has 1 unspecified atom stereocenters. The second-order valence-electron chi connectivity index (χ2n) is 7.34. The van der Waals surface area contributed by atoms with Gasteiger partial charge in [0.25, 0.3) is 5.91 Å². The van der Waals surface area contributed by atoms with Gasteiger partial charge in [-0.3, -0.25) is 14.5 Å². The zero-order valence-electron chi connectivity index (χ0n) is 16.5. The molecular weight excluding hydrogens is 454 g/mol. The number of nitrogens with one attached hydrogen (secondary N) is 2. The van der Waals surface area contributed by atoms with Crippen LogP contribution < -0.4 is 20.1 Å². The Balaban J connectivity index is 1.51. The van der Waals surface area contributed by atoms with Crippen molar-refractivity contribution in [3.05, 3.63) is 52.0 Å². The lowest BCUT2D eigenvalue weighted by Gasteiger charge is -2.25. The van der Waals surface area contributed by atoms with E-state index in [0.717, 1.165) is 10.5 Å². The molecule has 4 rings (SSSR count). The van der Waals surface area contributed by atoms with Gasteiger partial charge in [0.05, 0.1) is 5.69 Å². The molecule has 2 aromatic rings. The molecule has 0 bridgehead atoms. The molecule has 2 aliphatic rings. The van der Waals surface area contributed by atoms with Crippen molar-refractivity contribution in [2.24, 2.45) is 0 Å². The van der Waals surface area contributed by atoms with E-state index in [1.807, 2.05) is 19.1 Å². The third-order valence-electron chi connectivity index (χ3n) is 5.09. The van der Waals surface area contributed by atoms with Gasteiger partial charge in [0, 0.05) is 4.47 Å². The Labute approximate surface area is 181 Å². The van der Waals surface area contributed by atoms with Gasteiger partial charge in [0.2, 0.25) is 5.91 Å². The zero-order chi connectivity index (χ0) is 21.5. The third kappa shape index (κ3) is 3.60. The van der Waals surface area contributed by atoms with Crippen LogP contribution in [0.1, 0.15) is 18.1 Å². The van der Waals surface area contributed by atoms with E-state index in [9.17, 15) is 14.4 Å². The zero-order valence-corrected chi connectivity index (χ0v) is 18.0. The van der Waals surface area contributed by atoms with Crippen LogP contribution in [-0.2, 0) is 15.1 Å². The Morgan fingerprint density at radius 3 is 2.63 bits per heavy atom. The van der Waals surface area contributed by atoms with Crippen LogP contribution in [0.5, 0.6) is 11.5 Å². The predicted octanol–water partition coefficient (Wildman–Crippen LogP) is 2.93. The second kappa shape index (κ2) is 7.64. The first-order chi connectivity index (χ1) is 14.3. The van der Waals surface area contributed by atoms with Crippen LogP contribution in [-0.4, -0.2) is 42.5 Å². The fourth-order valence-corrected chi connectivity index (χ4v) is 4.04. The van der Waals surface area contributed by atoms with Crippen molar-refractivity contribution in [1.82, 2.24) is 10.2 Å². The molecule has 1 fully saturated rings. The number of imide groups is 1. The van der Waals surface area contributed by atoms with Crippen molar-refractivity contribution in [2.45, 2.75) is 19.4 Å². The van der Waals surface area contributed by atoms with E-state index in [2.05, 4.69) is 26.6 Å². The van der Waals surface area contributed by atoms with Gasteiger partial charge in [-0.15, -0.1) is 0 Å². The van der Waals surface area contributed by atoms with E-state index in [4.69, 9.17) is 9.47 Å². The first kappa shape index (κ1) is 20.2. The number of hydrogen-bond acceptors (Lipinski definition) is 5. The molecule has 0 aliphatic carbocycles. The van der Waals surface area contributed by atoms with Gasteiger partial charge < -0.3 is 20.1 Å². The Bertz CT molecular complexity index is 1060. The summed E-state index contributed by atoms with van der Waals surface area (Å²) in [6, 6.07) is 9.94. The quantitative estimate of drug-likeness (QED) is 0.665. The maximum Gasteiger partial charge on any atom is 0.325 e. The summed E-state index contributed by atoms with van der Waals surface area (Å²) in [6.45, 7) is 4.01. The molecule has 0 aromatic heterocycles. The van der Waals surface area contributed by atoms with Gasteiger partial charge in [-0.25, -0.2) is 4.79 Å². The number of carbonyl (C=O) groups is 3. The normalized spacial score (nSPS) is 20.2. The SMILES string of the molecule is Cc1ccc(NC(=O)CN2C(=O)NC(C)(c3ccc4c(c3)OCCO4)C2=O)c(Br)c1. The Kier molecular flexibility index (Phi) is 5.15. The first-order valence-corrected chi connectivity index (χ1v) is 10.2. The topological polar surface area (TPSA) is 97.0 Å². The maximum absolute atomic E-state index is 13.1. The highest BCUT2D eigenvalue weighted by Gasteiger charge is 2.49. The third-order valence-corrected chi connectivity index (χ3v) is 5.75. The molecule has 156 valence electrons. The van der Waals surface area contributed by atoms with Crippen LogP contribution in [0, 0.1) is 6.92 Å². The number of amides is 4. The van der Waals surface area contributed by atoms with Crippen LogP contribution >= 0.6 is 15.9 Å². The summed E-state index contributed by atoms with van der Waals surface area (Å²) in [5.41, 5.74) is 0.836. The number of nitrogens with zero attached hydrogens (tertiary/aromatic N) is 1. The van der Waals surface area contributed by atoms with Gasteiger partial charge in [-0.05, 0) is 65.2 Å². The van der Waals surface area contributed by atoms with Gasteiger partial charge in [0.15, 0.2) is 11.5 Å². The molecule has 4 amide bonds. The molecule has 2 aliphatic heterocycles. The standard InChI is InChI=1S/C21H20BrN3O5/c1-12-3-5-15(14(22)9-12)23-18(26)11-25-19(27)21(2,24-20(25)28)13-4-6-16-17(10-13)30-8-7-29-16/h3-6,9-10H,7-8,11H2,1-2H3,(H,23,26)(H,24,28). The lowest BCUT2D eigenvalue weighted by molar-refractivity contribution is -0.133. The monoisotopic (exact) mass is 473 g/mol. The fourth-order valence-electron chi connectivity index (χ4n) is 3.45.